The molecule has 0 saturated heterocycles. The normalized spacial score (nSPS) is 10.8. The molecule has 0 aliphatic rings. The number of aryl methyl sites for hydroxylation is 1. The number of hydrogen-bond acceptors (Lipinski definition) is 0. The molecule has 0 aromatic heterocycles. The average molecular weight is 444 g/mol. The van der Waals surface area contributed by atoms with Crippen LogP contribution in [0.2, 0.25) is 0 Å². The molecule has 0 N–H and O–H groups in total. The van der Waals surface area contributed by atoms with Gasteiger partial charge in [-0.3, -0.25) is 0 Å². The van der Waals surface area contributed by atoms with Gasteiger partial charge in [0.2, 0.25) is 0 Å². The first-order valence-electron chi connectivity index (χ1n) is 11.5. The Morgan fingerprint density at radius 2 is 0.667 bits per heavy atom. The summed E-state index contributed by atoms with van der Waals surface area (Å²) in [6, 6.07) is 51.9. The van der Waals surface area contributed by atoms with Gasteiger partial charge >= 0.3 is 0 Å². The van der Waals surface area contributed by atoms with Crippen molar-refractivity contribution in [2.24, 2.45) is 0 Å². The van der Waals surface area contributed by atoms with Gasteiger partial charge in [0.25, 0.3) is 0 Å². The van der Waals surface area contributed by atoms with Gasteiger partial charge in [0, 0.05) is 9.24 Å². The molecule has 1 atom stereocenters. The molecule has 5 rings (SSSR count). The zero-order valence-electron chi connectivity index (χ0n) is 19.1. The van der Waals surface area contributed by atoms with E-state index in [1.165, 1.54) is 32.7 Å². The first-order chi connectivity index (χ1) is 16.2. The molecule has 5 aromatic carbocycles. The predicted molar refractivity (Wildman–Crippen MR) is 152 cm³/mol. The lowest BCUT2D eigenvalue weighted by molar-refractivity contribution is 1.52. The van der Waals surface area contributed by atoms with E-state index in [1.54, 1.807) is 0 Å². The fourth-order valence-electron chi connectivity index (χ4n) is 4.73. The van der Waals surface area contributed by atoms with E-state index in [0.717, 1.165) is 0 Å². The average Bonchev–Trinajstić information content (AvgIpc) is 2.89. The molecule has 5 aromatic rings. The van der Waals surface area contributed by atoms with Gasteiger partial charge in [-0.2, -0.15) is 21.9 Å². The largest absolute Gasteiger partial charge is 0.195 e. The molecule has 0 radical (unpaired) electrons. The summed E-state index contributed by atoms with van der Waals surface area (Å²) in [6.07, 6.45) is -1.22. The van der Waals surface area contributed by atoms with Crippen LogP contribution < -0.4 is 27.2 Å². The Kier molecular flexibility index (Phi) is 7.56. The Morgan fingerprint density at radius 1 is 0.394 bits per heavy atom. The highest BCUT2D eigenvalue weighted by Gasteiger charge is 2.30. The summed E-state index contributed by atoms with van der Waals surface area (Å²) in [7, 11) is 1.93. The van der Waals surface area contributed by atoms with Crippen molar-refractivity contribution in [3.8, 4) is 0 Å². The van der Waals surface area contributed by atoms with Crippen molar-refractivity contribution >= 4 is 42.5 Å². The smallest absolute Gasteiger partial charge is 0.108 e. The summed E-state index contributed by atoms with van der Waals surface area (Å²) in [5.74, 6) is 0. The van der Waals surface area contributed by atoms with E-state index >= 15 is 0 Å². The van der Waals surface area contributed by atoms with Crippen molar-refractivity contribution in [2.45, 2.75) is 6.92 Å². The molecule has 0 nitrogen and oxygen atoms in total. The van der Waals surface area contributed by atoms with Crippen molar-refractivity contribution in [1.82, 2.24) is 0 Å². The van der Waals surface area contributed by atoms with Crippen LogP contribution in [-0.4, -0.2) is 6.15 Å². The van der Waals surface area contributed by atoms with E-state index in [9.17, 15) is 0 Å². The molecular formula is C31H30BP. The van der Waals surface area contributed by atoms with Crippen LogP contribution in [0.3, 0.4) is 0 Å². The topological polar surface area (TPSA) is 0 Å². The molecule has 162 valence electrons. The first-order valence-corrected chi connectivity index (χ1v) is 12.2. The Bertz CT molecular complexity index is 1070. The van der Waals surface area contributed by atoms with Crippen molar-refractivity contribution in [3.05, 3.63) is 151 Å². The summed E-state index contributed by atoms with van der Waals surface area (Å²) in [5.41, 5.74) is 6.74. The minimum Gasteiger partial charge on any atom is -0.195 e. The van der Waals surface area contributed by atoms with Crippen molar-refractivity contribution < 1.29 is 0 Å². The lowest BCUT2D eigenvalue weighted by Crippen LogP contribution is -2.74. The summed E-state index contributed by atoms with van der Waals surface area (Å²) >= 11 is 0. The molecule has 0 aliphatic heterocycles. The monoisotopic (exact) mass is 444 g/mol. The van der Waals surface area contributed by atoms with Crippen LogP contribution in [0.4, 0.5) is 0 Å². The van der Waals surface area contributed by atoms with E-state index < -0.39 is 6.15 Å². The minimum absolute atomic E-state index is 1.22. The highest BCUT2D eigenvalue weighted by Crippen LogP contribution is 2.09. The second-order valence-electron chi connectivity index (χ2n) is 8.44. The lowest BCUT2D eigenvalue weighted by Gasteiger charge is -2.44. The fraction of sp³-hybridized carbons (Fsp3) is 0.0323. The van der Waals surface area contributed by atoms with Crippen LogP contribution in [0.1, 0.15) is 5.56 Å². The second kappa shape index (κ2) is 10.9. The predicted octanol–water partition coefficient (Wildman–Crippen LogP) is 4.29. The molecule has 2 heteroatoms. The van der Waals surface area contributed by atoms with Gasteiger partial charge in [-0.15, -0.1) is 0 Å². The standard InChI is InChI=1S/C24H20B.C7H9P/c1-5-13-21(14-6-1)25(22-15-7-2-8-16-22,23-17-9-3-10-18-23)24-19-11-4-12-20-24;1-6-4-2-3-5-7(6)8/h1-20H;2-5H,8H2,1H3/q-1;/p+1. The van der Waals surface area contributed by atoms with E-state index in [4.69, 9.17) is 0 Å². The van der Waals surface area contributed by atoms with Gasteiger partial charge in [-0.25, -0.2) is 0 Å². The molecule has 0 fully saturated rings. The number of benzene rings is 5. The van der Waals surface area contributed by atoms with Gasteiger partial charge in [0.1, 0.15) is 6.15 Å². The summed E-state index contributed by atoms with van der Waals surface area (Å²) < 4.78 is 0. The minimum atomic E-state index is -1.22. The lowest BCUT2D eigenvalue weighted by atomic mass is 9.13. The summed E-state index contributed by atoms with van der Waals surface area (Å²) in [5, 5.41) is 1.40. The van der Waals surface area contributed by atoms with Crippen LogP contribution in [0.5, 0.6) is 0 Å². The number of hydrogen-bond donors (Lipinski definition) is 0. The molecular weight excluding hydrogens is 414 g/mol. The Morgan fingerprint density at radius 3 is 0.909 bits per heavy atom. The van der Waals surface area contributed by atoms with Gasteiger partial charge in [-0.1, -0.05) is 140 Å². The Hall–Kier alpha value is -3.41. The van der Waals surface area contributed by atoms with Crippen molar-refractivity contribution in [3.63, 3.8) is 0 Å². The highest BCUT2D eigenvalue weighted by molar-refractivity contribution is 7.27. The third kappa shape index (κ3) is 5.00. The highest BCUT2D eigenvalue weighted by atomic mass is 31.0. The van der Waals surface area contributed by atoms with E-state index in [0.29, 0.717) is 0 Å². The molecule has 0 heterocycles. The van der Waals surface area contributed by atoms with Crippen LogP contribution >= 0.6 is 9.24 Å². The zero-order valence-corrected chi connectivity index (χ0v) is 20.6. The maximum absolute atomic E-state index is 2.26. The number of rotatable bonds is 4. The van der Waals surface area contributed by atoms with Gasteiger partial charge < -0.3 is 0 Å². The maximum Gasteiger partial charge on any atom is 0.108 e. The molecule has 0 saturated carbocycles. The van der Waals surface area contributed by atoms with Crippen LogP contribution in [0, 0.1) is 6.92 Å². The molecule has 33 heavy (non-hydrogen) atoms. The maximum atomic E-state index is 2.26. The van der Waals surface area contributed by atoms with E-state index in [1.807, 2.05) is 9.24 Å². The van der Waals surface area contributed by atoms with Gasteiger partial charge in [0.15, 0.2) is 0 Å². The molecule has 0 spiro atoms. The summed E-state index contributed by atoms with van der Waals surface area (Å²) in [4.78, 5) is 0. The molecule has 0 bridgehead atoms. The van der Waals surface area contributed by atoms with E-state index in [2.05, 4.69) is 153 Å². The van der Waals surface area contributed by atoms with Gasteiger partial charge in [0.05, 0.1) is 5.30 Å². The third-order valence-corrected chi connectivity index (χ3v) is 7.25. The fourth-order valence-corrected chi connectivity index (χ4v) is 4.99. The van der Waals surface area contributed by atoms with Crippen LogP contribution in [0.15, 0.2) is 146 Å². The van der Waals surface area contributed by atoms with Crippen molar-refractivity contribution in [1.29, 1.82) is 0 Å². The molecule has 0 amide bonds. The van der Waals surface area contributed by atoms with Crippen LogP contribution in [0.25, 0.3) is 0 Å². The molecule has 1 unspecified atom stereocenters. The first kappa shape index (κ1) is 22.8. The summed E-state index contributed by atoms with van der Waals surface area (Å²) in [6.45, 7) is 2.13. The Labute approximate surface area is 200 Å². The van der Waals surface area contributed by atoms with E-state index in [-0.39, 0.29) is 0 Å². The van der Waals surface area contributed by atoms with Crippen LogP contribution in [-0.2, 0) is 0 Å². The second-order valence-corrected chi connectivity index (χ2v) is 9.20. The Balaban J connectivity index is 0.000000275. The zero-order chi connectivity index (χ0) is 22.9. The molecule has 0 aliphatic carbocycles. The SMILES string of the molecule is Cc1ccccc1[PH3+].c1ccc([B-](c2ccccc2)(c2ccccc2)c2ccccc2)cc1. The van der Waals surface area contributed by atoms with Crippen molar-refractivity contribution in [2.75, 3.05) is 0 Å². The van der Waals surface area contributed by atoms with Gasteiger partial charge in [-0.05, 0) is 18.6 Å². The quantitative estimate of drug-likeness (QED) is 0.287. The third-order valence-electron chi connectivity index (χ3n) is 6.46.